The van der Waals surface area contributed by atoms with E-state index in [1.807, 2.05) is 0 Å². The van der Waals surface area contributed by atoms with Gasteiger partial charge in [-0.05, 0) is 22.0 Å². The van der Waals surface area contributed by atoms with Gasteiger partial charge in [0.05, 0.1) is 0 Å². The summed E-state index contributed by atoms with van der Waals surface area (Å²) < 4.78 is 1.27. The molecule has 0 saturated carbocycles. The minimum absolute atomic E-state index is 0.355. The summed E-state index contributed by atoms with van der Waals surface area (Å²) in [6.07, 6.45) is 1.39. The van der Waals surface area contributed by atoms with Crippen LogP contribution in [0.5, 0.6) is 0 Å². The molecule has 58 valence electrons. The van der Waals surface area contributed by atoms with Gasteiger partial charge in [0.1, 0.15) is 4.60 Å². The van der Waals surface area contributed by atoms with Crippen molar-refractivity contribution in [1.82, 2.24) is 4.98 Å². The van der Waals surface area contributed by atoms with Crippen LogP contribution in [0.3, 0.4) is 0 Å². The fourth-order valence-corrected chi connectivity index (χ4v) is 1.77. The Hall–Kier alpha value is 0.0949. The molecule has 1 heterocycles. The van der Waals surface area contributed by atoms with E-state index < -0.39 is 7.12 Å². The summed E-state index contributed by atoms with van der Waals surface area (Å²) in [5, 5.41) is 17.5. The lowest BCUT2D eigenvalue weighted by Gasteiger charge is -2.01. The van der Waals surface area contributed by atoms with E-state index in [0.717, 1.165) is 0 Å². The maximum atomic E-state index is 8.77. The van der Waals surface area contributed by atoms with Crippen molar-refractivity contribution in [3.8, 4) is 0 Å². The lowest BCUT2D eigenvalue weighted by molar-refractivity contribution is 0.425. The fraction of sp³-hybridized carbons (Fsp3) is 0. The Labute approximate surface area is 80.9 Å². The zero-order valence-corrected chi connectivity index (χ0v) is 8.50. The van der Waals surface area contributed by atoms with Crippen LogP contribution in [0, 0.1) is 0 Å². The largest absolute Gasteiger partial charge is 0.491 e. The molecule has 2 N–H and O–H groups in total. The number of halogens is 2. The molecule has 0 saturated heterocycles. The van der Waals surface area contributed by atoms with Crippen molar-refractivity contribution in [2.24, 2.45) is 0 Å². The maximum absolute atomic E-state index is 8.77. The van der Waals surface area contributed by atoms with Crippen molar-refractivity contribution in [3.63, 3.8) is 0 Å². The van der Waals surface area contributed by atoms with Crippen LogP contribution >= 0.6 is 31.9 Å². The molecule has 0 aliphatic carbocycles. The zero-order valence-electron chi connectivity index (χ0n) is 5.33. The minimum atomic E-state index is -1.48. The van der Waals surface area contributed by atoms with E-state index in [1.165, 1.54) is 6.20 Å². The highest BCUT2D eigenvalue weighted by molar-refractivity contribution is 9.11. The van der Waals surface area contributed by atoms with Gasteiger partial charge in [0.2, 0.25) is 0 Å². The van der Waals surface area contributed by atoms with E-state index in [1.54, 1.807) is 6.07 Å². The normalized spacial score (nSPS) is 9.82. The standard InChI is InChI=1S/C5H4BBr2NO2/c7-4-1-5(8)9-2-3(4)6(10)11/h1-2,10-11H. The van der Waals surface area contributed by atoms with Gasteiger partial charge in [-0.15, -0.1) is 0 Å². The zero-order chi connectivity index (χ0) is 8.43. The van der Waals surface area contributed by atoms with E-state index in [2.05, 4.69) is 36.8 Å². The molecular weight excluding hydrogens is 277 g/mol. The Balaban J connectivity index is 3.09. The lowest BCUT2D eigenvalue weighted by Crippen LogP contribution is -2.31. The van der Waals surface area contributed by atoms with Crippen LogP contribution < -0.4 is 5.46 Å². The molecule has 0 aliphatic heterocycles. The average Bonchev–Trinajstić information content (AvgIpc) is 1.85. The number of rotatable bonds is 1. The molecule has 0 fully saturated rings. The molecule has 1 aromatic rings. The van der Waals surface area contributed by atoms with Crippen LogP contribution in [0.1, 0.15) is 0 Å². The lowest BCUT2D eigenvalue weighted by atomic mass is 9.82. The fourth-order valence-electron chi connectivity index (χ4n) is 0.608. The topological polar surface area (TPSA) is 53.4 Å². The van der Waals surface area contributed by atoms with E-state index in [0.29, 0.717) is 14.5 Å². The third-order valence-corrected chi connectivity index (χ3v) is 2.25. The highest BCUT2D eigenvalue weighted by Crippen LogP contribution is 2.11. The molecule has 0 spiro atoms. The first kappa shape index (κ1) is 9.19. The van der Waals surface area contributed by atoms with Gasteiger partial charge in [0.15, 0.2) is 0 Å². The van der Waals surface area contributed by atoms with E-state index in [4.69, 9.17) is 10.0 Å². The first-order valence-corrected chi connectivity index (χ1v) is 4.37. The number of nitrogens with zero attached hydrogens (tertiary/aromatic N) is 1. The summed E-state index contributed by atoms with van der Waals surface area (Å²) in [5.74, 6) is 0. The Morgan fingerprint density at radius 2 is 2.00 bits per heavy atom. The smallest absolute Gasteiger partial charge is 0.423 e. The van der Waals surface area contributed by atoms with Crippen LogP contribution in [0.15, 0.2) is 21.3 Å². The van der Waals surface area contributed by atoms with Gasteiger partial charge in [-0.1, -0.05) is 15.9 Å². The second-order valence-corrected chi connectivity index (χ2v) is 3.57. The molecule has 0 unspecified atom stereocenters. The maximum Gasteiger partial charge on any atom is 0.491 e. The predicted molar refractivity (Wildman–Crippen MR) is 49.5 cm³/mol. The van der Waals surface area contributed by atoms with Crippen LogP contribution in [0.2, 0.25) is 0 Å². The third-order valence-electron chi connectivity index (χ3n) is 1.13. The highest BCUT2D eigenvalue weighted by atomic mass is 79.9. The van der Waals surface area contributed by atoms with Crippen LogP contribution in [0.25, 0.3) is 0 Å². The second-order valence-electron chi connectivity index (χ2n) is 1.90. The van der Waals surface area contributed by atoms with Gasteiger partial charge in [-0.2, -0.15) is 0 Å². The van der Waals surface area contributed by atoms with Crippen LogP contribution in [0.4, 0.5) is 0 Å². The Morgan fingerprint density at radius 1 is 1.36 bits per heavy atom. The molecular formula is C5H4BBr2NO2. The van der Waals surface area contributed by atoms with Crippen molar-refractivity contribution in [2.75, 3.05) is 0 Å². The molecule has 11 heavy (non-hydrogen) atoms. The van der Waals surface area contributed by atoms with Crippen LogP contribution in [-0.2, 0) is 0 Å². The third kappa shape index (κ3) is 2.26. The van der Waals surface area contributed by atoms with Gasteiger partial charge in [0, 0.05) is 16.1 Å². The average molecular weight is 281 g/mol. The Morgan fingerprint density at radius 3 is 2.45 bits per heavy atom. The van der Waals surface area contributed by atoms with Crippen molar-refractivity contribution in [2.45, 2.75) is 0 Å². The van der Waals surface area contributed by atoms with Gasteiger partial charge >= 0.3 is 7.12 Å². The van der Waals surface area contributed by atoms with Crippen molar-refractivity contribution >= 4 is 44.4 Å². The predicted octanol–water partition coefficient (Wildman–Crippen LogP) is 0.286. The van der Waals surface area contributed by atoms with Crippen molar-refractivity contribution in [3.05, 3.63) is 21.3 Å². The van der Waals surface area contributed by atoms with Gasteiger partial charge in [-0.25, -0.2) is 4.98 Å². The van der Waals surface area contributed by atoms with Gasteiger partial charge < -0.3 is 10.0 Å². The van der Waals surface area contributed by atoms with Crippen molar-refractivity contribution < 1.29 is 10.0 Å². The monoisotopic (exact) mass is 279 g/mol. The van der Waals surface area contributed by atoms with E-state index in [9.17, 15) is 0 Å². The highest BCUT2D eigenvalue weighted by Gasteiger charge is 2.14. The Kier molecular flexibility index (Phi) is 3.06. The molecule has 0 amide bonds. The minimum Gasteiger partial charge on any atom is -0.423 e. The molecule has 1 aromatic heterocycles. The molecule has 0 radical (unpaired) electrons. The summed E-state index contributed by atoms with van der Waals surface area (Å²) in [6.45, 7) is 0. The van der Waals surface area contributed by atoms with E-state index >= 15 is 0 Å². The van der Waals surface area contributed by atoms with E-state index in [-0.39, 0.29) is 0 Å². The summed E-state index contributed by atoms with van der Waals surface area (Å²) in [4.78, 5) is 3.83. The van der Waals surface area contributed by atoms with Crippen LogP contribution in [-0.4, -0.2) is 22.2 Å². The Bertz CT molecular complexity index is 269. The molecule has 0 bridgehead atoms. The molecule has 0 atom stereocenters. The van der Waals surface area contributed by atoms with Gasteiger partial charge in [0.25, 0.3) is 0 Å². The molecule has 3 nitrogen and oxygen atoms in total. The van der Waals surface area contributed by atoms with Crippen molar-refractivity contribution in [1.29, 1.82) is 0 Å². The molecule has 0 aliphatic rings. The summed E-state index contributed by atoms with van der Waals surface area (Å²) >= 11 is 6.30. The molecule has 6 heteroatoms. The summed E-state index contributed by atoms with van der Waals surface area (Å²) in [7, 11) is -1.48. The molecule has 1 rings (SSSR count). The number of aromatic nitrogens is 1. The second kappa shape index (κ2) is 3.66. The quantitative estimate of drug-likeness (QED) is 0.574. The number of hydrogen-bond acceptors (Lipinski definition) is 3. The van der Waals surface area contributed by atoms with Gasteiger partial charge in [-0.3, -0.25) is 0 Å². The molecule has 0 aromatic carbocycles. The number of hydrogen-bond donors (Lipinski definition) is 2. The number of pyridine rings is 1. The summed E-state index contributed by atoms with van der Waals surface area (Å²) in [6, 6.07) is 1.65. The summed E-state index contributed by atoms with van der Waals surface area (Å²) in [5.41, 5.74) is 0.355. The first-order chi connectivity index (χ1) is 5.11. The SMILES string of the molecule is OB(O)c1cnc(Br)cc1Br. The first-order valence-electron chi connectivity index (χ1n) is 2.78.